The molecule has 0 radical (unpaired) electrons. The average Bonchev–Trinajstić information content (AvgIpc) is 2.95. The molecule has 4 aromatic rings. The molecule has 3 aromatic heterocycles. The Morgan fingerprint density at radius 3 is 2.85 bits per heavy atom. The lowest BCUT2D eigenvalue weighted by Gasteiger charge is -2.38. The second-order valence-corrected chi connectivity index (χ2v) is 10.2. The van der Waals surface area contributed by atoms with Crippen LogP contribution in [-0.4, -0.2) is 44.6 Å². The first kappa shape index (κ1) is 25.5. The number of aromatic nitrogens is 4. The van der Waals surface area contributed by atoms with Gasteiger partial charge in [-0.2, -0.15) is 4.98 Å². The van der Waals surface area contributed by atoms with Gasteiger partial charge in [0.25, 0.3) is 11.5 Å². The normalized spacial score (nSPS) is 17.0. The molecule has 6 rings (SSSR count). The summed E-state index contributed by atoms with van der Waals surface area (Å²) in [6, 6.07) is 11.4. The van der Waals surface area contributed by atoms with E-state index in [2.05, 4.69) is 21.9 Å². The van der Waals surface area contributed by atoms with Gasteiger partial charge >= 0.3 is 0 Å². The summed E-state index contributed by atoms with van der Waals surface area (Å²) in [5.41, 5.74) is 4.28. The fourth-order valence-corrected chi connectivity index (χ4v) is 5.48. The molecule has 204 valence electrons. The largest absolute Gasteiger partial charge is 0.475 e. The van der Waals surface area contributed by atoms with E-state index in [0.717, 1.165) is 47.3 Å². The molecule has 0 fully saturated rings. The van der Waals surface area contributed by atoms with Crippen molar-refractivity contribution in [1.82, 2.24) is 19.5 Å². The van der Waals surface area contributed by atoms with Crippen molar-refractivity contribution in [3.8, 4) is 5.88 Å². The van der Waals surface area contributed by atoms with Gasteiger partial charge in [-0.3, -0.25) is 14.2 Å². The number of carbonyl (C=O) groups excluding carboxylic acids is 1. The van der Waals surface area contributed by atoms with E-state index in [1.165, 1.54) is 6.08 Å². The van der Waals surface area contributed by atoms with Gasteiger partial charge in [0.15, 0.2) is 0 Å². The Morgan fingerprint density at radius 2 is 2.00 bits per heavy atom. The van der Waals surface area contributed by atoms with E-state index in [1.807, 2.05) is 55.1 Å². The second kappa shape index (κ2) is 10.4. The van der Waals surface area contributed by atoms with Crippen molar-refractivity contribution in [3.05, 3.63) is 77.4 Å². The van der Waals surface area contributed by atoms with Crippen molar-refractivity contribution in [3.63, 3.8) is 0 Å². The van der Waals surface area contributed by atoms with Gasteiger partial charge in [0.05, 0.1) is 17.5 Å². The molecule has 1 amide bonds. The number of nitrogens with one attached hydrogen (secondary N) is 1. The van der Waals surface area contributed by atoms with E-state index < -0.39 is 0 Å². The minimum absolute atomic E-state index is 0.0165. The highest BCUT2D eigenvalue weighted by Crippen LogP contribution is 2.39. The van der Waals surface area contributed by atoms with E-state index in [1.54, 1.807) is 21.9 Å². The first-order valence-electron chi connectivity index (χ1n) is 13.5. The number of carbonyl (C=O) groups is 1. The third-order valence-electron chi connectivity index (χ3n) is 7.42. The monoisotopic (exact) mass is 537 g/mol. The number of nitrogens with zero attached hydrogens (tertiary/aromatic N) is 6. The Morgan fingerprint density at radius 1 is 1.12 bits per heavy atom. The lowest BCUT2D eigenvalue weighted by molar-refractivity contribution is -0.114. The highest BCUT2D eigenvalue weighted by atomic mass is 16.5. The van der Waals surface area contributed by atoms with Crippen molar-refractivity contribution in [2.45, 2.75) is 45.8 Å². The maximum atomic E-state index is 14.2. The lowest BCUT2D eigenvalue weighted by Crippen LogP contribution is -2.44. The summed E-state index contributed by atoms with van der Waals surface area (Å²) in [7, 11) is 0. The van der Waals surface area contributed by atoms with Crippen molar-refractivity contribution in [2.24, 2.45) is 0 Å². The minimum atomic E-state index is -0.160. The number of anilines is 5. The molecule has 1 unspecified atom stereocenters. The van der Waals surface area contributed by atoms with Crippen LogP contribution in [0.15, 0.2) is 66.2 Å². The zero-order valence-corrected chi connectivity index (χ0v) is 22.6. The summed E-state index contributed by atoms with van der Waals surface area (Å²) in [5.74, 6) is 0.766. The van der Waals surface area contributed by atoms with Crippen LogP contribution in [0, 0.1) is 6.92 Å². The number of hydrogen-bond acceptors (Lipinski definition) is 8. The molecular formula is C30H31N7O3. The van der Waals surface area contributed by atoms with E-state index in [-0.39, 0.29) is 17.6 Å². The number of fused-ring (bicyclic) bond motifs is 4. The van der Waals surface area contributed by atoms with Gasteiger partial charge in [-0.25, -0.2) is 9.97 Å². The summed E-state index contributed by atoms with van der Waals surface area (Å²) in [5, 5.41) is 3.98. The highest BCUT2D eigenvalue weighted by molar-refractivity contribution is 6.05. The fourth-order valence-electron chi connectivity index (χ4n) is 5.48. The molecule has 5 heterocycles. The number of pyridine rings is 2. The lowest BCUT2D eigenvalue weighted by atomic mass is 10.1. The van der Waals surface area contributed by atoms with Crippen LogP contribution >= 0.6 is 0 Å². The number of aryl methyl sites for hydroxylation is 2. The first-order valence-corrected chi connectivity index (χ1v) is 13.5. The summed E-state index contributed by atoms with van der Waals surface area (Å²) in [6.45, 7) is 9.08. The van der Waals surface area contributed by atoms with Gasteiger partial charge in [0, 0.05) is 49.2 Å². The molecule has 1 atom stereocenters. The van der Waals surface area contributed by atoms with Gasteiger partial charge in [0.2, 0.25) is 11.8 Å². The molecule has 10 nitrogen and oxygen atoms in total. The number of ether oxygens (including phenoxy) is 1. The van der Waals surface area contributed by atoms with Gasteiger partial charge < -0.3 is 19.9 Å². The van der Waals surface area contributed by atoms with Crippen LogP contribution in [0.25, 0.3) is 11.0 Å². The topological polar surface area (TPSA) is 105 Å². The number of hydrogen-bond donors (Lipinski definition) is 1. The summed E-state index contributed by atoms with van der Waals surface area (Å²) < 4.78 is 7.76. The van der Waals surface area contributed by atoms with Crippen LogP contribution in [0.4, 0.5) is 28.7 Å². The second-order valence-electron chi connectivity index (χ2n) is 10.2. The van der Waals surface area contributed by atoms with E-state index >= 15 is 0 Å². The van der Waals surface area contributed by atoms with E-state index in [9.17, 15) is 9.59 Å². The summed E-state index contributed by atoms with van der Waals surface area (Å²) in [4.78, 5) is 44.2. The maximum Gasteiger partial charge on any atom is 0.276 e. The molecule has 4 bridgehead atoms. The molecule has 1 N–H and O–H groups in total. The zero-order valence-electron chi connectivity index (χ0n) is 22.6. The van der Waals surface area contributed by atoms with Crippen molar-refractivity contribution in [2.75, 3.05) is 28.2 Å². The van der Waals surface area contributed by atoms with Crippen LogP contribution in [-0.2, 0) is 11.3 Å². The van der Waals surface area contributed by atoms with Crippen LogP contribution in [0.1, 0.15) is 31.7 Å². The minimum Gasteiger partial charge on any atom is -0.475 e. The Hall–Kier alpha value is -4.73. The van der Waals surface area contributed by atoms with Gasteiger partial charge in [-0.05, 0) is 62.9 Å². The molecule has 1 aromatic carbocycles. The van der Waals surface area contributed by atoms with Gasteiger partial charge in [-0.15, -0.1) is 0 Å². The maximum absolute atomic E-state index is 14.2. The van der Waals surface area contributed by atoms with Crippen LogP contribution in [0.3, 0.4) is 0 Å². The number of para-hydroxylation sites is 1. The molecule has 0 spiro atoms. The molecule has 40 heavy (non-hydrogen) atoms. The van der Waals surface area contributed by atoms with Crippen molar-refractivity contribution in [1.29, 1.82) is 0 Å². The predicted octanol–water partition coefficient (Wildman–Crippen LogP) is 4.86. The van der Waals surface area contributed by atoms with Crippen LogP contribution in [0.2, 0.25) is 0 Å². The summed E-state index contributed by atoms with van der Waals surface area (Å²) in [6.07, 6.45) is 7.22. The molecule has 2 aliphatic heterocycles. The Bertz CT molecular complexity index is 1680. The van der Waals surface area contributed by atoms with Gasteiger partial charge in [0.1, 0.15) is 11.3 Å². The van der Waals surface area contributed by atoms with E-state index in [4.69, 9.17) is 9.72 Å². The standard InChI is InChI=1S/C30H31N7O3/c1-4-26(38)36-15-14-35(23-10-7-8-19(2)27(23)36)24-16-21-18-32-30-33-22-11-12-31-25(17-22)40-20(3)9-5-6-13-37(29(24)39)28(21)34-30/h4,7-8,10-12,16-18,20H,1,5-6,9,13-15H2,2-3H3,(H,32,33,34). The molecule has 10 heteroatoms. The quantitative estimate of drug-likeness (QED) is 0.362. The third-order valence-corrected chi connectivity index (χ3v) is 7.42. The molecule has 2 aliphatic rings. The molecule has 0 aliphatic carbocycles. The molecular weight excluding hydrogens is 506 g/mol. The third kappa shape index (κ3) is 4.66. The smallest absolute Gasteiger partial charge is 0.276 e. The number of benzene rings is 1. The first-order chi connectivity index (χ1) is 19.4. The Balaban J connectivity index is 1.48. The number of amides is 1. The number of rotatable bonds is 2. The van der Waals surface area contributed by atoms with Crippen LogP contribution in [0.5, 0.6) is 5.88 Å². The highest BCUT2D eigenvalue weighted by Gasteiger charge is 2.30. The fraction of sp³-hybridized carbons (Fsp3) is 0.300. The van der Waals surface area contributed by atoms with Gasteiger partial charge in [-0.1, -0.05) is 18.7 Å². The van der Waals surface area contributed by atoms with Crippen LogP contribution < -0.4 is 25.4 Å². The Kier molecular flexibility index (Phi) is 6.67. The summed E-state index contributed by atoms with van der Waals surface area (Å²) >= 11 is 0. The molecule has 0 saturated heterocycles. The predicted molar refractivity (Wildman–Crippen MR) is 156 cm³/mol. The zero-order chi connectivity index (χ0) is 27.8. The van der Waals surface area contributed by atoms with E-state index in [0.29, 0.717) is 42.8 Å². The Labute approximate surface area is 231 Å². The molecule has 0 saturated carbocycles. The average molecular weight is 538 g/mol. The van der Waals surface area contributed by atoms with Crippen molar-refractivity contribution < 1.29 is 9.53 Å². The van der Waals surface area contributed by atoms with Crippen molar-refractivity contribution >= 4 is 45.6 Å². The SMILES string of the molecule is C=CC(=O)N1CCN(c2cc3cnc4nc3n(c2=O)CCCCC(C)Oc2cc(ccn2)N4)c2cccc(C)c21.